The summed E-state index contributed by atoms with van der Waals surface area (Å²) in [4.78, 5) is 2.57. The number of hydrogen-bond acceptors (Lipinski definition) is 4. The lowest BCUT2D eigenvalue weighted by atomic mass is 10.0. The largest absolute Gasteiger partial charge is 0.300 e. The highest BCUT2D eigenvalue weighted by Crippen LogP contribution is 2.22. The first kappa shape index (κ1) is 15.6. The van der Waals surface area contributed by atoms with Crippen molar-refractivity contribution in [2.45, 2.75) is 44.6 Å². The Morgan fingerprint density at radius 3 is 2.21 bits per heavy atom. The van der Waals surface area contributed by atoms with Gasteiger partial charge in [0, 0.05) is 19.1 Å². The smallest absolute Gasteiger partial charge is 0.214 e. The number of rotatable bonds is 5. The Labute approximate surface area is 123 Å². The molecule has 2 saturated heterocycles. The average Bonchev–Trinajstić information content (AvgIpc) is 2.46. The molecule has 6 heteroatoms. The highest BCUT2D eigenvalue weighted by atomic mass is 32.2. The molecule has 2 aliphatic heterocycles. The van der Waals surface area contributed by atoms with Crippen molar-refractivity contribution in [3.05, 3.63) is 0 Å². The van der Waals surface area contributed by atoms with Crippen molar-refractivity contribution in [2.75, 3.05) is 37.7 Å². The van der Waals surface area contributed by atoms with E-state index in [-0.39, 0.29) is 5.75 Å². The van der Waals surface area contributed by atoms with Crippen molar-refractivity contribution in [1.82, 2.24) is 9.21 Å². The second-order valence-electron chi connectivity index (χ2n) is 5.62. The molecule has 0 aromatic rings. The number of piperidine rings is 2. The molecule has 0 atom stereocenters. The van der Waals surface area contributed by atoms with E-state index < -0.39 is 10.0 Å². The van der Waals surface area contributed by atoms with Crippen LogP contribution in [0.25, 0.3) is 0 Å². The standard InChI is InChI=1S/C13H26N2O2S2/c16-19(17,12-4-11-18)15-9-5-13(6-10-15)14-7-2-1-3-8-14/h13,18H,1-12H2. The zero-order chi connectivity index (χ0) is 13.7. The molecule has 19 heavy (non-hydrogen) atoms. The van der Waals surface area contributed by atoms with Crippen LogP contribution in [-0.4, -0.2) is 61.3 Å². The molecule has 2 heterocycles. The summed E-state index contributed by atoms with van der Waals surface area (Å²) in [5.74, 6) is 0.897. The molecule has 0 aliphatic carbocycles. The van der Waals surface area contributed by atoms with Crippen molar-refractivity contribution in [1.29, 1.82) is 0 Å². The van der Waals surface area contributed by atoms with Crippen LogP contribution in [0.2, 0.25) is 0 Å². The Hall–Kier alpha value is 0.220. The molecule has 0 spiro atoms. The van der Waals surface area contributed by atoms with Crippen molar-refractivity contribution >= 4 is 22.7 Å². The van der Waals surface area contributed by atoms with E-state index in [9.17, 15) is 8.42 Å². The van der Waals surface area contributed by atoms with Crippen LogP contribution in [0.4, 0.5) is 0 Å². The molecule has 2 aliphatic rings. The number of nitrogens with zero attached hydrogens (tertiary/aromatic N) is 2. The van der Waals surface area contributed by atoms with E-state index in [0.717, 1.165) is 12.8 Å². The Bertz CT molecular complexity index is 359. The second kappa shape index (κ2) is 7.29. The molecule has 0 amide bonds. The first-order valence-electron chi connectivity index (χ1n) is 7.46. The molecule has 0 unspecified atom stereocenters. The fourth-order valence-corrected chi connectivity index (χ4v) is 5.05. The summed E-state index contributed by atoms with van der Waals surface area (Å²) >= 11 is 4.09. The van der Waals surface area contributed by atoms with Gasteiger partial charge in [-0.05, 0) is 50.9 Å². The zero-order valence-corrected chi connectivity index (χ0v) is 13.3. The van der Waals surface area contributed by atoms with Crippen LogP contribution < -0.4 is 0 Å². The predicted molar refractivity (Wildman–Crippen MR) is 82.3 cm³/mol. The number of sulfonamides is 1. The SMILES string of the molecule is O=S(=O)(CCCS)N1CCC(N2CCCCC2)CC1. The summed E-state index contributed by atoms with van der Waals surface area (Å²) in [7, 11) is -3.03. The highest BCUT2D eigenvalue weighted by Gasteiger charge is 2.30. The summed E-state index contributed by atoms with van der Waals surface area (Å²) in [5.41, 5.74) is 0. The number of hydrogen-bond donors (Lipinski definition) is 1. The van der Waals surface area contributed by atoms with Gasteiger partial charge in [0.25, 0.3) is 0 Å². The van der Waals surface area contributed by atoms with Crippen LogP contribution in [0.3, 0.4) is 0 Å². The third kappa shape index (κ3) is 4.34. The van der Waals surface area contributed by atoms with Crippen LogP contribution in [0, 0.1) is 0 Å². The van der Waals surface area contributed by atoms with Crippen molar-refractivity contribution in [2.24, 2.45) is 0 Å². The normalized spacial score (nSPS) is 24.7. The zero-order valence-electron chi connectivity index (χ0n) is 11.6. The molecule has 2 fully saturated rings. The fourth-order valence-electron chi connectivity index (χ4n) is 3.15. The van der Waals surface area contributed by atoms with Crippen LogP contribution >= 0.6 is 12.6 Å². The van der Waals surface area contributed by atoms with Gasteiger partial charge in [-0.2, -0.15) is 12.6 Å². The molecule has 112 valence electrons. The maximum atomic E-state index is 12.1. The second-order valence-corrected chi connectivity index (χ2v) is 8.16. The van der Waals surface area contributed by atoms with E-state index in [1.807, 2.05) is 0 Å². The summed E-state index contributed by atoms with van der Waals surface area (Å²) in [6, 6.07) is 0.608. The van der Waals surface area contributed by atoms with Crippen LogP contribution in [-0.2, 0) is 10.0 Å². The fraction of sp³-hybridized carbons (Fsp3) is 1.00. The molecule has 0 saturated carbocycles. The van der Waals surface area contributed by atoms with Gasteiger partial charge in [-0.3, -0.25) is 0 Å². The van der Waals surface area contributed by atoms with Gasteiger partial charge in [0.2, 0.25) is 10.0 Å². The lowest BCUT2D eigenvalue weighted by Crippen LogP contribution is -2.48. The van der Waals surface area contributed by atoms with Gasteiger partial charge in [0.1, 0.15) is 0 Å². The first-order chi connectivity index (χ1) is 9.13. The van der Waals surface area contributed by atoms with E-state index in [1.165, 1.54) is 32.4 Å². The molecule has 0 bridgehead atoms. The topological polar surface area (TPSA) is 40.6 Å². The minimum Gasteiger partial charge on any atom is -0.300 e. The predicted octanol–water partition coefficient (Wildman–Crippen LogP) is 1.59. The van der Waals surface area contributed by atoms with Gasteiger partial charge >= 0.3 is 0 Å². The summed E-state index contributed by atoms with van der Waals surface area (Å²) < 4.78 is 25.9. The van der Waals surface area contributed by atoms with E-state index in [1.54, 1.807) is 4.31 Å². The van der Waals surface area contributed by atoms with Crippen molar-refractivity contribution in [3.8, 4) is 0 Å². The van der Waals surface area contributed by atoms with E-state index in [0.29, 0.717) is 31.3 Å². The molecule has 0 radical (unpaired) electrons. The summed E-state index contributed by atoms with van der Waals surface area (Å²) in [5, 5.41) is 0. The van der Waals surface area contributed by atoms with Crippen molar-refractivity contribution < 1.29 is 8.42 Å². The van der Waals surface area contributed by atoms with Gasteiger partial charge in [0.05, 0.1) is 5.75 Å². The summed E-state index contributed by atoms with van der Waals surface area (Å²) in [6.45, 7) is 3.82. The third-order valence-electron chi connectivity index (χ3n) is 4.28. The summed E-state index contributed by atoms with van der Waals surface area (Å²) in [6.07, 6.45) is 6.62. The molecular formula is C13H26N2O2S2. The maximum Gasteiger partial charge on any atom is 0.214 e. The number of thiol groups is 1. The van der Waals surface area contributed by atoms with Gasteiger partial charge in [-0.15, -0.1) is 0 Å². The van der Waals surface area contributed by atoms with E-state index in [4.69, 9.17) is 0 Å². The highest BCUT2D eigenvalue weighted by molar-refractivity contribution is 7.89. The molecule has 0 aromatic heterocycles. The average molecular weight is 306 g/mol. The van der Waals surface area contributed by atoms with Gasteiger partial charge < -0.3 is 4.90 Å². The lowest BCUT2D eigenvalue weighted by Gasteiger charge is -2.39. The molecule has 4 nitrogen and oxygen atoms in total. The van der Waals surface area contributed by atoms with Crippen LogP contribution in [0.15, 0.2) is 0 Å². The van der Waals surface area contributed by atoms with E-state index in [2.05, 4.69) is 17.5 Å². The van der Waals surface area contributed by atoms with Crippen LogP contribution in [0.1, 0.15) is 38.5 Å². The molecule has 0 N–H and O–H groups in total. The Morgan fingerprint density at radius 1 is 1.00 bits per heavy atom. The third-order valence-corrected chi connectivity index (χ3v) is 6.56. The van der Waals surface area contributed by atoms with Gasteiger partial charge in [0.15, 0.2) is 0 Å². The Balaban J connectivity index is 1.81. The maximum absolute atomic E-state index is 12.1. The molecular weight excluding hydrogens is 280 g/mol. The Morgan fingerprint density at radius 2 is 1.63 bits per heavy atom. The minimum atomic E-state index is -3.03. The number of likely N-dealkylation sites (tertiary alicyclic amines) is 1. The first-order valence-corrected chi connectivity index (χ1v) is 9.70. The lowest BCUT2D eigenvalue weighted by molar-refractivity contribution is 0.118. The quantitative estimate of drug-likeness (QED) is 0.784. The van der Waals surface area contributed by atoms with E-state index >= 15 is 0 Å². The minimum absolute atomic E-state index is 0.255. The van der Waals surface area contributed by atoms with Gasteiger partial charge in [-0.25, -0.2) is 12.7 Å². The molecule has 0 aromatic carbocycles. The van der Waals surface area contributed by atoms with Gasteiger partial charge in [-0.1, -0.05) is 6.42 Å². The Kier molecular flexibility index (Phi) is 5.99. The van der Waals surface area contributed by atoms with Crippen molar-refractivity contribution in [3.63, 3.8) is 0 Å². The molecule has 2 rings (SSSR count). The monoisotopic (exact) mass is 306 g/mol. The van der Waals surface area contributed by atoms with Crippen LogP contribution in [0.5, 0.6) is 0 Å².